The Bertz CT molecular complexity index is 1250. The van der Waals surface area contributed by atoms with Crippen LogP contribution in [0.25, 0.3) is 43.7 Å². The van der Waals surface area contributed by atoms with Gasteiger partial charge in [0.05, 0.1) is 27.6 Å². The molecule has 0 radical (unpaired) electrons. The Kier molecular flexibility index (Phi) is 4.11. The quantitative estimate of drug-likeness (QED) is 0.240. The molecule has 0 aliphatic carbocycles. The summed E-state index contributed by atoms with van der Waals surface area (Å²) >= 11 is 0. The minimum atomic E-state index is 0.950. The van der Waals surface area contributed by atoms with E-state index in [2.05, 4.69) is 45.3 Å². The predicted molar refractivity (Wildman–Crippen MR) is 116 cm³/mol. The topological polar surface area (TPSA) is 38.7 Å². The molecule has 0 atom stereocenters. The highest BCUT2D eigenvalue weighted by Gasteiger charge is 1.99. The molecule has 6 rings (SSSR count). The van der Waals surface area contributed by atoms with Gasteiger partial charge in [-0.15, -0.1) is 0 Å². The number of nitrogens with zero attached hydrogens (tertiary/aromatic N) is 3. The lowest BCUT2D eigenvalue weighted by Gasteiger charge is -2.01. The molecule has 0 amide bonds. The van der Waals surface area contributed by atoms with E-state index in [-0.39, 0.29) is 0 Å². The minimum Gasteiger partial charge on any atom is -0.256 e. The fraction of sp³-hybridized carbons (Fsp3) is 0. The molecular formula is C25H17N3. The molecule has 132 valence electrons. The summed E-state index contributed by atoms with van der Waals surface area (Å²) in [6.07, 6.45) is 1.93. The Labute approximate surface area is 162 Å². The van der Waals surface area contributed by atoms with E-state index in [0.717, 1.165) is 27.6 Å². The molecule has 4 aromatic carbocycles. The largest absolute Gasteiger partial charge is 0.256 e. The molecule has 0 saturated carbocycles. The standard InChI is InChI=1S/C13H9N.C12H8N2/c1-2-6-11-10(5-1)9-14-13-8-4-3-7-12(11)13;1-2-6-10-9(5-1)13-11-7-3-4-8-12(11)14-10/h1-9H;1-8H. The van der Waals surface area contributed by atoms with E-state index >= 15 is 0 Å². The maximum absolute atomic E-state index is 4.52. The lowest BCUT2D eigenvalue weighted by molar-refractivity contribution is 1.39. The molecule has 0 spiro atoms. The first-order chi connectivity index (χ1) is 13.9. The Hall–Kier alpha value is -3.85. The summed E-state index contributed by atoms with van der Waals surface area (Å²) < 4.78 is 0. The highest BCUT2D eigenvalue weighted by Crippen LogP contribution is 2.22. The van der Waals surface area contributed by atoms with Gasteiger partial charge >= 0.3 is 0 Å². The van der Waals surface area contributed by atoms with E-state index in [4.69, 9.17) is 0 Å². The summed E-state index contributed by atoms with van der Waals surface area (Å²) in [4.78, 5) is 13.4. The lowest BCUT2D eigenvalue weighted by atomic mass is 10.1. The first-order valence-corrected chi connectivity index (χ1v) is 9.22. The van der Waals surface area contributed by atoms with Crippen LogP contribution in [0.1, 0.15) is 0 Å². The van der Waals surface area contributed by atoms with Gasteiger partial charge in [-0.1, -0.05) is 66.7 Å². The third kappa shape index (κ3) is 3.03. The highest BCUT2D eigenvalue weighted by molar-refractivity contribution is 6.05. The SMILES string of the molecule is c1ccc2c(c1)cnc1ccccc12.c1ccc2nc3ccccc3nc2c1. The molecule has 0 fully saturated rings. The summed E-state index contributed by atoms with van der Waals surface area (Å²) in [6, 6.07) is 32.4. The number of fused-ring (bicyclic) bond motifs is 5. The van der Waals surface area contributed by atoms with Gasteiger partial charge in [0, 0.05) is 17.0 Å². The van der Waals surface area contributed by atoms with Crippen LogP contribution in [0.2, 0.25) is 0 Å². The molecule has 0 aliphatic rings. The second kappa shape index (κ2) is 7.05. The summed E-state index contributed by atoms with van der Waals surface area (Å²) in [5, 5.41) is 3.70. The smallest absolute Gasteiger partial charge is 0.0894 e. The van der Waals surface area contributed by atoms with Gasteiger partial charge in [-0.25, -0.2) is 9.97 Å². The average molecular weight is 359 g/mol. The molecule has 2 aromatic heterocycles. The zero-order valence-corrected chi connectivity index (χ0v) is 15.2. The van der Waals surface area contributed by atoms with Crippen molar-refractivity contribution >= 4 is 43.7 Å². The van der Waals surface area contributed by atoms with Crippen LogP contribution >= 0.6 is 0 Å². The van der Waals surface area contributed by atoms with E-state index in [0.29, 0.717) is 0 Å². The molecule has 0 aliphatic heterocycles. The highest BCUT2D eigenvalue weighted by atomic mass is 14.8. The molecule has 3 nitrogen and oxygen atoms in total. The fourth-order valence-corrected chi connectivity index (χ4v) is 3.37. The second-order valence-corrected chi connectivity index (χ2v) is 6.56. The average Bonchev–Trinajstić information content (AvgIpc) is 2.78. The summed E-state index contributed by atoms with van der Waals surface area (Å²) in [6.45, 7) is 0. The second-order valence-electron chi connectivity index (χ2n) is 6.56. The molecule has 0 unspecified atom stereocenters. The van der Waals surface area contributed by atoms with Crippen LogP contribution < -0.4 is 0 Å². The molecule has 3 heteroatoms. The Morgan fingerprint density at radius 3 is 1.39 bits per heavy atom. The Morgan fingerprint density at radius 2 is 0.821 bits per heavy atom. The summed E-state index contributed by atoms with van der Waals surface area (Å²) in [5.41, 5.74) is 4.86. The van der Waals surface area contributed by atoms with Crippen LogP contribution in [0.15, 0.2) is 103 Å². The number of para-hydroxylation sites is 5. The van der Waals surface area contributed by atoms with Gasteiger partial charge in [-0.3, -0.25) is 4.98 Å². The van der Waals surface area contributed by atoms with E-state index in [9.17, 15) is 0 Å². The van der Waals surface area contributed by atoms with Gasteiger partial charge in [-0.2, -0.15) is 0 Å². The fourth-order valence-electron chi connectivity index (χ4n) is 3.37. The third-order valence-electron chi connectivity index (χ3n) is 4.74. The van der Waals surface area contributed by atoms with Gasteiger partial charge < -0.3 is 0 Å². The number of hydrogen-bond donors (Lipinski definition) is 0. The van der Waals surface area contributed by atoms with E-state index in [1.807, 2.05) is 72.9 Å². The van der Waals surface area contributed by atoms with Gasteiger partial charge in [0.2, 0.25) is 0 Å². The van der Waals surface area contributed by atoms with Crippen LogP contribution in [0, 0.1) is 0 Å². The number of rotatable bonds is 0. The summed E-state index contributed by atoms with van der Waals surface area (Å²) in [5.74, 6) is 0. The van der Waals surface area contributed by atoms with Gasteiger partial charge in [-0.05, 0) is 35.7 Å². The number of aromatic nitrogens is 3. The van der Waals surface area contributed by atoms with Crippen molar-refractivity contribution in [1.82, 2.24) is 15.0 Å². The van der Waals surface area contributed by atoms with Crippen LogP contribution in [-0.2, 0) is 0 Å². The monoisotopic (exact) mass is 359 g/mol. The van der Waals surface area contributed by atoms with Crippen molar-refractivity contribution in [2.24, 2.45) is 0 Å². The zero-order valence-electron chi connectivity index (χ0n) is 15.2. The van der Waals surface area contributed by atoms with Crippen molar-refractivity contribution in [3.05, 3.63) is 103 Å². The predicted octanol–water partition coefficient (Wildman–Crippen LogP) is 6.17. The molecule has 6 aromatic rings. The van der Waals surface area contributed by atoms with Crippen molar-refractivity contribution in [1.29, 1.82) is 0 Å². The van der Waals surface area contributed by atoms with Crippen LogP contribution in [0.3, 0.4) is 0 Å². The van der Waals surface area contributed by atoms with E-state index < -0.39 is 0 Å². The molecule has 0 N–H and O–H groups in total. The zero-order chi connectivity index (χ0) is 18.8. The first-order valence-electron chi connectivity index (χ1n) is 9.22. The number of benzene rings is 4. The van der Waals surface area contributed by atoms with Crippen molar-refractivity contribution in [2.45, 2.75) is 0 Å². The molecule has 28 heavy (non-hydrogen) atoms. The normalized spacial score (nSPS) is 10.9. The van der Waals surface area contributed by atoms with Crippen LogP contribution in [0.4, 0.5) is 0 Å². The molecule has 2 heterocycles. The maximum atomic E-state index is 4.52. The Balaban J connectivity index is 0.000000122. The summed E-state index contributed by atoms with van der Waals surface area (Å²) in [7, 11) is 0. The van der Waals surface area contributed by atoms with Crippen LogP contribution in [0.5, 0.6) is 0 Å². The minimum absolute atomic E-state index is 0.950. The van der Waals surface area contributed by atoms with Crippen molar-refractivity contribution < 1.29 is 0 Å². The number of hydrogen-bond acceptors (Lipinski definition) is 3. The lowest BCUT2D eigenvalue weighted by Crippen LogP contribution is -1.85. The Morgan fingerprint density at radius 1 is 0.393 bits per heavy atom. The third-order valence-corrected chi connectivity index (χ3v) is 4.74. The van der Waals surface area contributed by atoms with Gasteiger partial charge in [0.1, 0.15) is 0 Å². The first kappa shape index (κ1) is 16.3. The van der Waals surface area contributed by atoms with Gasteiger partial charge in [0.15, 0.2) is 0 Å². The van der Waals surface area contributed by atoms with E-state index in [1.165, 1.54) is 16.2 Å². The van der Waals surface area contributed by atoms with Gasteiger partial charge in [0.25, 0.3) is 0 Å². The molecular weight excluding hydrogens is 342 g/mol. The van der Waals surface area contributed by atoms with Crippen LogP contribution in [-0.4, -0.2) is 15.0 Å². The van der Waals surface area contributed by atoms with Crippen molar-refractivity contribution in [3.8, 4) is 0 Å². The number of pyridine rings is 1. The van der Waals surface area contributed by atoms with E-state index in [1.54, 1.807) is 0 Å². The molecule has 0 bridgehead atoms. The maximum Gasteiger partial charge on any atom is 0.0894 e. The molecule has 0 saturated heterocycles. The van der Waals surface area contributed by atoms with Crippen molar-refractivity contribution in [3.63, 3.8) is 0 Å². The van der Waals surface area contributed by atoms with Crippen molar-refractivity contribution in [2.75, 3.05) is 0 Å².